The van der Waals surface area contributed by atoms with E-state index in [0.29, 0.717) is 5.41 Å². The van der Waals surface area contributed by atoms with E-state index in [4.69, 9.17) is 11.6 Å². The Hall–Kier alpha value is 0.290. The van der Waals surface area contributed by atoms with Gasteiger partial charge in [-0.2, -0.15) is 0 Å². The Labute approximate surface area is 81.7 Å². The number of halogens is 1. The molecule has 0 spiro atoms. The largest absolute Gasteiger partial charge is 0.126 e. The maximum absolute atomic E-state index is 5.97. The molecule has 0 aromatic heterocycles. The summed E-state index contributed by atoms with van der Waals surface area (Å²) in [5, 5.41) is 0. The predicted molar refractivity (Wildman–Crippen MR) is 55.8 cm³/mol. The van der Waals surface area contributed by atoms with Crippen LogP contribution in [-0.4, -0.2) is 5.88 Å². The minimum absolute atomic E-state index is 0.579. The molecule has 0 aromatic carbocycles. The summed E-state index contributed by atoms with van der Waals surface area (Å²) in [5.41, 5.74) is 0.579. The molecule has 0 N–H and O–H groups in total. The van der Waals surface area contributed by atoms with Crippen LogP contribution in [0.4, 0.5) is 0 Å². The fourth-order valence-electron chi connectivity index (χ4n) is 2.05. The summed E-state index contributed by atoms with van der Waals surface area (Å²) in [6, 6.07) is 0. The maximum atomic E-state index is 5.97. The van der Waals surface area contributed by atoms with Gasteiger partial charge >= 0.3 is 0 Å². The quantitative estimate of drug-likeness (QED) is 0.429. The lowest BCUT2D eigenvalue weighted by Crippen LogP contribution is -2.30. The molecule has 1 aliphatic carbocycles. The van der Waals surface area contributed by atoms with E-state index in [0.717, 1.165) is 5.88 Å². The van der Waals surface area contributed by atoms with Crippen LogP contribution in [0.3, 0.4) is 0 Å². The SMILES string of the molecule is CCCCCCC1(CCl)CCC1. The van der Waals surface area contributed by atoms with Crippen molar-refractivity contribution >= 4 is 11.6 Å². The molecular weight excluding hydrogens is 168 g/mol. The Balaban J connectivity index is 2.04. The first kappa shape index (κ1) is 10.4. The average Bonchev–Trinajstić information content (AvgIpc) is 2.02. The van der Waals surface area contributed by atoms with Crippen molar-refractivity contribution in [3.8, 4) is 0 Å². The summed E-state index contributed by atoms with van der Waals surface area (Å²) in [6.07, 6.45) is 11.1. The van der Waals surface area contributed by atoms with Gasteiger partial charge in [-0.1, -0.05) is 39.0 Å². The summed E-state index contributed by atoms with van der Waals surface area (Å²) >= 11 is 5.97. The number of alkyl halides is 1. The molecule has 0 saturated heterocycles. The third-order valence-electron chi connectivity index (χ3n) is 3.26. The Bertz CT molecular complexity index is 111. The Morgan fingerprint density at radius 2 is 1.92 bits per heavy atom. The van der Waals surface area contributed by atoms with E-state index in [1.165, 1.54) is 51.4 Å². The summed E-state index contributed by atoms with van der Waals surface area (Å²) in [4.78, 5) is 0. The molecule has 0 nitrogen and oxygen atoms in total. The van der Waals surface area contributed by atoms with Gasteiger partial charge in [-0.05, 0) is 24.7 Å². The standard InChI is InChI=1S/C11H21Cl/c1-2-3-4-5-7-11(10-12)8-6-9-11/h2-10H2,1H3. The molecule has 12 heavy (non-hydrogen) atoms. The fraction of sp³-hybridized carbons (Fsp3) is 1.00. The molecule has 0 radical (unpaired) electrons. The van der Waals surface area contributed by atoms with E-state index in [2.05, 4.69) is 6.92 Å². The molecular formula is C11H21Cl. The van der Waals surface area contributed by atoms with Crippen molar-refractivity contribution in [3.05, 3.63) is 0 Å². The van der Waals surface area contributed by atoms with Crippen LogP contribution in [0.15, 0.2) is 0 Å². The van der Waals surface area contributed by atoms with E-state index in [9.17, 15) is 0 Å². The van der Waals surface area contributed by atoms with Gasteiger partial charge in [-0.3, -0.25) is 0 Å². The second-order valence-corrected chi connectivity index (χ2v) is 4.57. The van der Waals surface area contributed by atoms with E-state index in [1.807, 2.05) is 0 Å². The first-order valence-corrected chi connectivity index (χ1v) is 5.92. The van der Waals surface area contributed by atoms with Crippen molar-refractivity contribution in [2.75, 3.05) is 5.88 Å². The summed E-state index contributed by atoms with van der Waals surface area (Å²) in [7, 11) is 0. The molecule has 0 heterocycles. The number of hydrogen-bond donors (Lipinski definition) is 0. The van der Waals surface area contributed by atoms with Gasteiger partial charge in [0.15, 0.2) is 0 Å². The lowest BCUT2D eigenvalue weighted by Gasteiger charge is -2.40. The van der Waals surface area contributed by atoms with Crippen molar-refractivity contribution in [3.63, 3.8) is 0 Å². The first-order chi connectivity index (χ1) is 5.83. The molecule has 0 aliphatic heterocycles. The molecule has 0 atom stereocenters. The van der Waals surface area contributed by atoms with Crippen LogP contribution >= 0.6 is 11.6 Å². The summed E-state index contributed by atoms with van der Waals surface area (Å²) < 4.78 is 0. The van der Waals surface area contributed by atoms with Gasteiger partial charge in [-0.15, -0.1) is 11.6 Å². The number of rotatable bonds is 6. The average molecular weight is 189 g/mol. The monoisotopic (exact) mass is 188 g/mol. The van der Waals surface area contributed by atoms with Crippen LogP contribution < -0.4 is 0 Å². The highest BCUT2D eigenvalue weighted by molar-refractivity contribution is 6.18. The highest BCUT2D eigenvalue weighted by Gasteiger charge is 2.34. The second-order valence-electron chi connectivity index (χ2n) is 4.30. The third-order valence-corrected chi connectivity index (χ3v) is 3.83. The second kappa shape index (κ2) is 5.11. The summed E-state index contributed by atoms with van der Waals surface area (Å²) in [5.74, 6) is 0.902. The lowest BCUT2D eigenvalue weighted by molar-refractivity contribution is 0.146. The van der Waals surface area contributed by atoms with E-state index in [1.54, 1.807) is 0 Å². The molecule has 0 amide bonds. The van der Waals surface area contributed by atoms with Gasteiger partial charge in [-0.25, -0.2) is 0 Å². The van der Waals surface area contributed by atoms with Crippen LogP contribution in [0.1, 0.15) is 58.3 Å². The maximum Gasteiger partial charge on any atom is 0.0279 e. The molecule has 72 valence electrons. The highest BCUT2D eigenvalue weighted by atomic mass is 35.5. The summed E-state index contributed by atoms with van der Waals surface area (Å²) in [6.45, 7) is 2.26. The van der Waals surface area contributed by atoms with E-state index < -0.39 is 0 Å². The molecule has 1 fully saturated rings. The molecule has 1 aliphatic rings. The molecule has 0 bridgehead atoms. The minimum atomic E-state index is 0.579. The highest BCUT2D eigenvalue weighted by Crippen LogP contribution is 2.45. The number of hydrogen-bond acceptors (Lipinski definition) is 0. The van der Waals surface area contributed by atoms with Crippen molar-refractivity contribution in [1.29, 1.82) is 0 Å². The molecule has 0 unspecified atom stereocenters. The Morgan fingerprint density at radius 1 is 1.17 bits per heavy atom. The zero-order valence-electron chi connectivity index (χ0n) is 8.24. The van der Waals surface area contributed by atoms with E-state index in [-0.39, 0.29) is 0 Å². The molecule has 1 rings (SSSR count). The minimum Gasteiger partial charge on any atom is -0.126 e. The Kier molecular flexibility index (Phi) is 4.42. The zero-order chi connectivity index (χ0) is 8.86. The van der Waals surface area contributed by atoms with Gasteiger partial charge in [0.05, 0.1) is 0 Å². The third kappa shape index (κ3) is 2.65. The van der Waals surface area contributed by atoms with E-state index >= 15 is 0 Å². The van der Waals surface area contributed by atoms with Gasteiger partial charge < -0.3 is 0 Å². The van der Waals surface area contributed by atoms with Gasteiger partial charge in [0.2, 0.25) is 0 Å². The van der Waals surface area contributed by atoms with Crippen molar-refractivity contribution in [1.82, 2.24) is 0 Å². The van der Waals surface area contributed by atoms with Crippen LogP contribution in [0, 0.1) is 5.41 Å². The van der Waals surface area contributed by atoms with Crippen molar-refractivity contribution < 1.29 is 0 Å². The predicted octanol–water partition coefficient (Wildman–Crippen LogP) is 4.37. The fourth-order valence-corrected chi connectivity index (χ4v) is 2.45. The van der Waals surface area contributed by atoms with Crippen molar-refractivity contribution in [2.45, 2.75) is 58.3 Å². The zero-order valence-corrected chi connectivity index (χ0v) is 9.00. The first-order valence-electron chi connectivity index (χ1n) is 5.39. The molecule has 1 heteroatoms. The lowest BCUT2D eigenvalue weighted by atomic mass is 9.67. The van der Waals surface area contributed by atoms with Crippen LogP contribution in [0.25, 0.3) is 0 Å². The van der Waals surface area contributed by atoms with Gasteiger partial charge in [0, 0.05) is 5.88 Å². The molecule has 1 saturated carbocycles. The normalized spacial score (nSPS) is 20.5. The topological polar surface area (TPSA) is 0 Å². The van der Waals surface area contributed by atoms with Gasteiger partial charge in [0.25, 0.3) is 0 Å². The van der Waals surface area contributed by atoms with Crippen LogP contribution in [-0.2, 0) is 0 Å². The van der Waals surface area contributed by atoms with Crippen LogP contribution in [0.2, 0.25) is 0 Å². The van der Waals surface area contributed by atoms with Crippen LogP contribution in [0.5, 0.6) is 0 Å². The van der Waals surface area contributed by atoms with Gasteiger partial charge in [0.1, 0.15) is 0 Å². The number of unbranched alkanes of at least 4 members (excludes halogenated alkanes) is 3. The Morgan fingerprint density at radius 3 is 2.33 bits per heavy atom. The van der Waals surface area contributed by atoms with Crippen molar-refractivity contribution in [2.24, 2.45) is 5.41 Å². The molecule has 0 aromatic rings. The smallest absolute Gasteiger partial charge is 0.0279 e.